The van der Waals surface area contributed by atoms with Crippen molar-refractivity contribution in [1.82, 2.24) is 5.16 Å². The largest absolute Gasteiger partial charge is 0.496 e. The van der Waals surface area contributed by atoms with Crippen LogP contribution >= 0.6 is 0 Å². The molecule has 30 heavy (non-hydrogen) atoms. The molecular formula is C20H17N3O7. The van der Waals surface area contributed by atoms with Crippen molar-refractivity contribution >= 4 is 23.3 Å². The summed E-state index contributed by atoms with van der Waals surface area (Å²) in [5, 5.41) is 17.4. The number of aryl methyl sites for hydroxylation is 1. The molecule has 0 saturated heterocycles. The number of methoxy groups -OCH3 is 1. The molecule has 0 bridgehead atoms. The van der Waals surface area contributed by atoms with Crippen molar-refractivity contribution in [3.05, 3.63) is 70.0 Å². The van der Waals surface area contributed by atoms with Gasteiger partial charge in [-0.2, -0.15) is 0 Å². The fourth-order valence-electron chi connectivity index (χ4n) is 2.69. The Hall–Kier alpha value is -4.21. The van der Waals surface area contributed by atoms with Crippen LogP contribution in [0, 0.1) is 17.0 Å². The third kappa shape index (κ3) is 4.43. The van der Waals surface area contributed by atoms with Gasteiger partial charge in [-0.3, -0.25) is 14.9 Å². The molecule has 0 unspecified atom stereocenters. The van der Waals surface area contributed by atoms with E-state index in [1.807, 2.05) is 6.07 Å². The average molecular weight is 411 g/mol. The van der Waals surface area contributed by atoms with Gasteiger partial charge in [-0.15, -0.1) is 0 Å². The van der Waals surface area contributed by atoms with Crippen molar-refractivity contribution in [2.75, 3.05) is 19.0 Å². The van der Waals surface area contributed by atoms with Crippen LogP contribution in [0.3, 0.4) is 0 Å². The molecule has 0 atom stereocenters. The molecule has 10 nitrogen and oxygen atoms in total. The molecule has 0 aliphatic carbocycles. The van der Waals surface area contributed by atoms with Crippen LogP contribution in [0.2, 0.25) is 0 Å². The maximum atomic E-state index is 12.5. The predicted octanol–water partition coefficient (Wildman–Crippen LogP) is 3.36. The van der Waals surface area contributed by atoms with Crippen LogP contribution in [0.25, 0.3) is 11.3 Å². The Balaban J connectivity index is 1.70. The molecule has 3 aromatic rings. The lowest BCUT2D eigenvalue weighted by molar-refractivity contribution is -0.384. The van der Waals surface area contributed by atoms with E-state index in [9.17, 15) is 19.7 Å². The number of hydrogen-bond donors (Lipinski definition) is 1. The van der Waals surface area contributed by atoms with Crippen LogP contribution in [-0.2, 0) is 9.53 Å². The van der Waals surface area contributed by atoms with Crippen molar-refractivity contribution in [3.63, 3.8) is 0 Å². The summed E-state index contributed by atoms with van der Waals surface area (Å²) in [5.74, 6) is -1.04. The highest BCUT2D eigenvalue weighted by Crippen LogP contribution is 2.29. The van der Waals surface area contributed by atoms with E-state index in [0.717, 1.165) is 0 Å². The molecule has 1 aromatic heterocycles. The predicted molar refractivity (Wildman–Crippen MR) is 105 cm³/mol. The van der Waals surface area contributed by atoms with E-state index in [1.54, 1.807) is 31.2 Å². The summed E-state index contributed by atoms with van der Waals surface area (Å²) in [7, 11) is 1.37. The van der Waals surface area contributed by atoms with Crippen molar-refractivity contribution in [2.45, 2.75) is 6.92 Å². The van der Waals surface area contributed by atoms with E-state index in [4.69, 9.17) is 14.0 Å². The first-order valence-electron chi connectivity index (χ1n) is 8.71. The highest BCUT2D eigenvalue weighted by Gasteiger charge is 2.24. The number of benzene rings is 2. The number of carbonyl (C=O) groups excluding carboxylic acids is 2. The molecule has 0 radical (unpaired) electrons. The first kappa shape index (κ1) is 20.5. The number of nitro groups is 1. The van der Waals surface area contributed by atoms with Crippen molar-refractivity contribution in [1.29, 1.82) is 0 Å². The van der Waals surface area contributed by atoms with Gasteiger partial charge in [0.05, 0.1) is 18.1 Å². The number of anilines is 1. The number of ether oxygens (including phenoxy) is 2. The van der Waals surface area contributed by atoms with Gasteiger partial charge in [0.2, 0.25) is 0 Å². The minimum atomic E-state index is -0.799. The molecule has 1 N–H and O–H groups in total. The maximum Gasteiger partial charge on any atom is 0.344 e. The van der Waals surface area contributed by atoms with Gasteiger partial charge in [-0.1, -0.05) is 35.5 Å². The Morgan fingerprint density at radius 2 is 1.93 bits per heavy atom. The highest BCUT2D eigenvalue weighted by atomic mass is 16.6. The molecule has 154 valence electrons. The SMILES string of the molecule is COc1ccc(NC(=O)COC(=O)c2c(-c3ccccc3)noc2C)c([N+](=O)[O-])c1. The first-order valence-corrected chi connectivity index (χ1v) is 8.71. The Morgan fingerprint density at radius 3 is 2.60 bits per heavy atom. The average Bonchev–Trinajstić information content (AvgIpc) is 3.14. The summed E-state index contributed by atoms with van der Waals surface area (Å²) in [5.41, 5.74) is 0.650. The number of hydrogen-bond acceptors (Lipinski definition) is 8. The Labute approximate surface area is 170 Å². The summed E-state index contributed by atoms with van der Waals surface area (Å²) in [6.07, 6.45) is 0. The van der Waals surface area contributed by atoms with E-state index >= 15 is 0 Å². The van der Waals surface area contributed by atoms with Gasteiger partial charge in [0, 0.05) is 5.56 Å². The molecule has 3 rings (SSSR count). The highest BCUT2D eigenvalue weighted by molar-refractivity contribution is 6.00. The number of nitro benzene ring substituents is 1. The Bertz CT molecular complexity index is 1090. The monoisotopic (exact) mass is 411 g/mol. The number of nitrogens with zero attached hydrogens (tertiary/aromatic N) is 2. The molecule has 2 aromatic carbocycles. The summed E-state index contributed by atoms with van der Waals surface area (Å²) < 4.78 is 15.1. The van der Waals surface area contributed by atoms with E-state index in [2.05, 4.69) is 10.5 Å². The topological polar surface area (TPSA) is 134 Å². The van der Waals surface area contributed by atoms with Gasteiger partial charge in [-0.05, 0) is 19.1 Å². The van der Waals surface area contributed by atoms with Crippen molar-refractivity contribution < 1.29 is 28.5 Å². The fourth-order valence-corrected chi connectivity index (χ4v) is 2.69. The summed E-state index contributed by atoms with van der Waals surface area (Å²) in [6.45, 7) is 0.900. The van der Waals surface area contributed by atoms with Crippen molar-refractivity contribution in [2.24, 2.45) is 0 Å². The normalized spacial score (nSPS) is 10.3. The number of esters is 1. The second-order valence-corrected chi connectivity index (χ2v) is 6.09. The van der Waals surface area contributed by atoms with Crippen LogP contribution in [-0.4, -0.2) is 35.7 Å². The zero-order valence-corrected chi connectivity index (χ0v) is 16.1. The smallest absolute Gasteiger partial charge is 0.344 e. The van der Waals surface area contributed by atoms with Gasteiger partial charge in [0.25, 0.3) is 11.6 Å². The van der Waals surface area contributed by atoms with Gasteiger partial charge < -0.3 is 19.3 Å². The molecule has 1 heterocycles. The van der Waals surface area contributed by atoms with Gasteiger partial charge in [0.15, 0.2) is 6.61 Å². The molecule has 0 spiro atoms. The van der Waals surface area contributed by atoms with Crippen LogP contribution in [0.15, 0.2) is 53.1 Å². The lowest BCUT2D eigenvalue weighted by Gasteiger charge is -2.08. The zero-order valence-electron chi connectivity index (χ0n) is 16.1. The quantitative estimate of drug-likeness (QED) is 0.355. The van der Waals surface area contributed by atoms with Crippen LogP contribution < -0.4 is 10.1 Å². The lowest BCUT2D eigenvalue weighted by Crippen LogP contribution is -2.21. The molecule has 0 aliphatic heterocycles. The second-order valence-electron chi connectivity index (χ2n) is 6.09. The molecule has 0 saturated carbocycles. The molecule has 0 fully saturated rings. The minimum Gasteiger partial charge on any atom is -0.496 e. The van der Waals surface area contributed by atoms with E-state index in [-0.39, 0.29) is 28.4 Å². The summed E-state index contributed by atoms with van der Waals surface area (Å²) >= 11 is 0. The lowest BCUT2D eigenvalue weighted by atomic mass is 10.1. The number of aromatic nitrogens is 1. The number of amides is 1. The minimum absolute atomic E-state index is 0.0482. The number of nitrogens with one attached hydrogen (secondary N) is 1. The zero-order chi connectivity index (χ0) is 21.7. The third-order valence-corrected chi connectivity index (χ3v) is 4.12. The molecular weight excluding hydrogens is 394 g/mol. The third-order valence-electron chi connectivity index (χ3n) is 4.12. The standard InChI is InChI=1S/C20H17N3O7/c1-12-18(19(22-30-12)13-6-4-3-5-7-13)20(25)29-11-17(24)21-15-9-8-14(28-2)10-16(15)23(26)27/h3-10H,11H2,1-2H3,(H,21,24). The first-order chi connectivity index (χ1) is 14.4. The van der Waals surface area contributed by atoms with E-state index in [0.29, 0.717) is 11.3 Å². The van der Waals surface area contributed by atoms with Crippen LogP contribution in [0.4, 0.5) is 11.4 Å². The van der Waals surface area contributed by atoms with Crippen LogP contribution in [0.5, 0.6) is 5.75 Å². The van der Waals surface area contributed by atoms with E-state index in [1.165, 1.54) is 25.3 Å². The fraction of sp³-hybridized carbons (Fsp3) is 0.150. The van der Waals surface area contributed by atoms with Gasteiger partial charge in [0.1, 0.15) is 28.5 Å². The molecule has 1 amide bonds. The molecule has 0 aliphatic rings. The molecule has 10 heteroatoms. The maximum absolute atomic E-state index is 12.5. The number of rotatable bonds is 7. The Kier molecular flexibility index (Phi) is 6.06. The van der Waals surface area contributed by atoms with Gasteiger partial charge in [-0.25, -0.2) is 4.79 Å². The van der Waals surface area contributed by atoms with Crippen molar-refractivity contribution in [3.8, 4) is 17.0 Å². The Morgan fingerprint density at radius 1 is 1.20 bits per heavy atom. The van der Waals surface area contributed by atoms with E-state index < -0.39 is 23.4 Å². The number of carbonyl (C=O) groups is 2. The van der Waals surface area contributed by atoms with Crippen LogP contribution in [0.1, 0.15) is 16.1 Å². The van der Waals surface area contributed by atoms with Gasteiger partial charge >= 0.3 is 5.97 Å². The summed E-state index contributed by atoms with van der Waals surface area (Å²) in [4.78, 5) is 35.2. The summed E-state index contributed by atoms with van der Waals surface area (Å²) in [6, 6.07) is 12.8. The second kappa shape index (κ2) is 8.86.